The van der Waals surface area contributed by atoms with Crippen LogP contribution in [-0.4, -0.2) is 84.0 Å². The maximum atomic E-state index is 12.7. The molecule has 0 aromatic rings. The van der Waals surface area contributed by atoms with Gasteiger partial charge in [-0.3, -0.25) is 9.79 Å². The number of carbonyl (C=O) groups is 1. The number of hydrogen-bond acceptors (Lipinski definition) is 3. The van der Waals surface area contributed by atoms with Gasteiger partial charge in [-0.2, -0.15) is 0 Å². The second-order valence-corrected chi connectivity index (χ2v) is 8.83. The Labute approximate surface area is 152 Å². The standard InChI is InChI=1S/C19H35N5O/c1-14(2)24-17(25)12-23(13-19(24,3)4)18(20-5)21-10-15-8-9-22(11-15)16-6-7-16/h14-16H,6-13H2,1-5H3,(H,20,21). The van der Waals surface area contributed by atoms with Crippen LogP contribution in [0.2, 0.25) is 0 Å². The summed E-state index contributed by atoms with van der Waals surface area (Å²) in [4.78, 5) is 23.9. The molecule has 0 radical (unpaired) electrons. The van der Waals surface area contributed by atoms with Crippen molar-refractivity contribution in [1.29, 1.82) is 0 Å². The highest BCUT2D eigenvalue weighted by Gasteiger charge is 2.41. The van der Waals surface area contributed by atoms with E-state index in [1.807, 2.05) is 11.9 Å². The fraction of sp³-hybridized carbons (Fsp3) is 0.895. The fourth-order valence-electron chi connectivity index (χ4n) is 4.68. The first-order valence-electron chi connectivity index (χ1n) is 9.83. The van der Waals surface area contributed by atoms with Crippen molar-refractivity contribution in [3.8, 4) is 0 Å². The predicted molar refractivity (Wildman–Crippen MR) is 102 cm³/mol. The van der Waals surface area contributed by atoms with E-state index in [2.05, 4.69) is 47.8 Å². The molecular weight excluding hydrogens is 314 g/mol. The Morgan fingerprint density at radius 2 is 2.04 bits per heavy atom. The number of rotatable bonds is 4. The molecule has 0 aromatic heterocycles. The second-order valence-electron chi connectivity index (χ2n) is 8.83. The van der Waals surface area contributed by atoms with Crippen LogP contribution >= 0.6 is 0 Å². The summed E-state index contributed by atoms with van der Waals surface area (Å²) in [6.45, 7) is 13.1. The second kappa shape index (κ2) is 7.14. The molecule has 0 spiro atoms. The van der Waals surface area contributed by atoms with E-state index in [-0.39, 0.29) is 17.5 Å². The van der Waals surface area contributed by atoms with Crippen LogP contribution in [0.5, 0.6) is 0 Å². The molecule has 3 aliphatic rings. The number of amides is 1. The van der Waals surface area contributed by atoms with Crippen molar-refractivity contribution in [2.45, 2.75) is 64.6 Å². The molecule has 1 unspecified atom stereocenters. The van der Waals surface area contributed by atoms with Gasteiger partial charge in [-0.15, -0.1) is 0 Å². The molecule has 1 saturated carbocycles. The highest BCUT2D eigenvalue weighted by atomic mass is 16.2. The van der Waals surface area contributed by atoms with Crippen molar-refractivity contribution in [3.63, 3.8) is 0 Å². The maximum absolute atomic E-state index is 12.7. The lowest BCUT2D eigenvalue weighted by molar-refractivity contribution is -0.145. The number of likely N-dealkylation sites (tertiary alicyclic amines) is 1. The van der Waals surface area contributed by atoms with Crippen LogP contribution in [0.25, 0.3) is 0 Å². The van der Waals surface area contributed by atoms with Gasteiger partial charge in [-0.05, 0) is 59.4 Å². The quantitative estimate of drug-likeness (QED) is 0.615. The fourth-order valence-corrected chi connectivity index (χ4v) is 4.68. The SMILES string of the molecule is CN=C(NCC1CCN(C2CC2)C1)N1CC(=O)N(C(C)C)C(C)(C)C1. The molecule has 3 rings (SSSR count). The van der Waals surface area contributed by atoms with E-state index >= 15 is 0 Å². The molecule has 1 aliphatic carbocycles. The molecule has 2 aliphatic heterocycles. The molecule has 1 amide bonds. The highest BCUT2D eigenvalue weighted by Crippen LogP contribution is 2.31. The van der Waals surface area contributed by atoms with E-state index in [1.54, 1.807) is 0 Å². The minimum atomic E-state index is -0.183. The molecule has 25 heavy (non-hydrogen) atoms. The van der Waals surface area contributed by atoms with E-state index in [0.717, 1.165) is 25.1 Å². The van der Waals surface area contributed by atoms with Gasteiger partial charge in [0.05, 0.1) is 12.1 Å². The summed E-state index contributed by atoms with van der Waals surface area (Å²) in [5, 5.41) is 3.54. The van der Waals surface area contributed by atoms with Gasteiger partial charge in [0.25, 0.3) is 0 Å². The van der Waals surface area contributed by atoms with E-state index in [1.165, 1.54) is 32.4 Å². The molecule has 3 fully saturated rings. The van der Waals surface area contributed by atoms with Gasteiger partial charge in [0.1, 0.15) is 0 Å². The van der Waals surface area contributed by atoms with E-state index in [0.29, 0.717) is 12.5 Å². The zero-order valence-electron chi connectivity index (χ0n) is 16.6. The number of nitrogens with zero attached hydrogens (tertiary/aromatic N) is 4. The Morgan fingerprint density at radius 3 is 2.60 bits per heavy atom. The molecule has 6 nitrogen and oxygen atoms in total. The van der Waals surface area contributed by atoms with Gasteiger partial charge in [0.2, 0.25) is 5.91 Å². The summed E-state index contributed by atoms with van der Waals surface area (Å²) in [6.07, 6.45) is 4.05. The zero-order chi connectivity index (χ0) is 18.2. The minimum Gasteiger partial charge on any atom is -0.356 e. The molecule has 2 saturated heterocycles. The highest BCUT2D eigenvalue weighted by molar-refractivity contribution is 5.88. The number of hydrogen-bond donors (Lipinski definition) is 1. The third kappa shape index (κ3) is 4.10. The summed E-state index contributed by atoms with van der Waals surface area (Å²) in [6, 6.07) is 1.10. The summed E-state index contributed by atoms with van der Waals surface area (Å²) < 4.78 is 0. The first-order valence-corrected chi connectivity index (χ1v) is 9.83. The van der Waals surface area contributed by atoms with Crippen molar-refractivity contribution in [2.24, 2.45) is 10.9 Å². The minimum absolute atomic E-state index is 0.183. The third-order valence-corrected chi connectivity index (χ3v) is 5.78. The van der Waals surface area contributed by atoms with Crippen LogP contribution in [0.3, 0.4) is 0 Å². The Balaban J connectivity index is 1.55. The Hall–Kier alpha value is -1.30. The van der Waals surface area contributed by atoms with Crippen LogP contribution < -0.4 is 5.32 Å². The molecule has 6 heteroatoms. The lowest BCUT2D eigenvalue weighted by Gasteiger charge is -2.49. The summed E-state index contributed by atoms with van der Waals surface area (Å²) in [5.74, 6) is 1.75. The number of carbonyl (C=O) groups excluding carboxylic acids is 1. The monoisotopic (exact) mass is 349 g/mol. The average Bonchev–Trinajstić information content (AvgIpc) is 3.25. The summed E-state index contributed by atoms with van der Waals surface area (Å²) >= 11 is 0. The first-order chi connectivity index (χ1) is 11.8. The molecule has 142 valence electrons. The first kappa shape index (κ1) is 18.5. The largest absolute Gasteiger partial charge is 0.356 e. The average molecular weight is 350 g/mol. The topological polar surface area (TPSA) is 51.2 Å². The third-order valence-electron chi connectivity index (χ3n) is 5.78. The summed E-state index contributed by atoms with van der Waals surface area (Å²) in [5.41, 5.74) is -0.183. The van der Waals surface area contributed by atoms with E-state index < -0.39 is 0 Å². The van der Waals surface area contributed by atoms with Crippen molar-refractivity contribution in [2.75, 3.05) is 39.8 Å². The molecule has 2 heterocycles. The van der Waals surface area contributed by atoms with Gasteiger partial charge in [-0.25, -0.2) is 0 Å². The molecule has 1 atom stereocenters. The van der Waals surface area contributed by atoms with Gasteiger partial charge in [-0.1, -0.05) is 0 Å². The Bertz CT molecular complexity index is 526. The Kier molecular flexibility index (Phi) is 5.28. The van der Waals surface area contributed by atoms with E-state index in [9.17, 15) is 4.79 Å². The van der Waals surface area contributed by atoms with Crippen molar-refractivity contribution in [1.82, 2.24) is 20.0 Å². The number of guanidine groups is 1. The normalized spacial score (nSPS) is 28.2. The van der Waals surface area contributed by atoms with Gasteiger partial charge in [0.15, 0.2) is 5.96 Å². The number of aliphatic imine (C=N–C) groups is 1. The summed E-state index contributed by atoms with van der Waals surface area (Å²) in [7, 11) is 1.82. The lowest BCUT2D eigenvalue weighted by Crippen LogP contribution is -2.66. The van der Waals surface area contributed by atoms with Crippen molar-refractivity contribution in [3.05, 3.63) is 0 Å². The van der Waals surface area contributed by atoms with Gasteiger partial charge in [0, 0.05) is 38.8 Å². The van der Waals surface area contributed by atoms with Crippen LogP contribution in [0.15, 0.2) is 4.99 Å². The van der Waals surface area contributed by atoms with Gasteiger partial charge < -0.3 is 20.0 Å². The predicted octanol–water partition coefficient (Wildman–Crippen LogP) is 1.38. The number of piperazine rings is 1. The van der Waals surface area contributed by atoms with Crippen molar-refractivity contribution >= 4 is 11.9 Å². The molecule has 0 aromatic carbocycles. The lowest BCUT2D eigenvalue weighted by atomic mass is 9.96. The van der Waals surface area contributed by atoms with Crippen molar-refractivity contribution < 1.29 is 4.79 Å². The molecule has 1 N–H and O–H groups in total. The van der Waals surface area contributed by atoms with Crippen LogP contribution in [0, 0.1) is 5.92 Å². The smallest absolute Gasteiger partial charge is 0.242 e. The van der Waals surface area contributed by atoms with Gasteiger partial charge >= 0.3 is 0 Å². The molecule has 0 bridgehead atoms. The number of nitrogens with one attached hydrogen (secondary N) is 1. The maximum Gasteiger partial charge on any atom is 0.242 e. The molecular formula is C19H35N5O. The zero-order valence-corrected chi connectivity index (χ0v) is 16.6. The van der Waals surface area contributed by atoms with Crippen LogP contribution in [-0.2, 0) is 4.79 Å². The Morgan fingerprint density at radius 1 is 1.32 bits per heavy atom. The van der Waals surface area contributed by atoms with E-state index in [4.69, 9.17) is 0 Å². The van der Waals surface area contributed by atoms with Crippen LogP contribution in [0.1, 0.15) is 47.0 Å². The van der Waals surface area contributed by atoms with Crippen LogP contribution in [0.4, 0.5) is 0 Å².